The van der Waals surface area contributed by atoms with Crippen LogP contribution >= 0.6 is 11.6 Å². The van der Waals surface area contributed by atoms with Gasteiger partial charge in [0.2, 0.25) is 5.82 Å². The van der Waals surface area contributed by atoms with Crippen LogP contribution in [0, 0.1) is 5.41 Å². The second kappa shape index (κ2) is 4.80. The molecule has 0 aliphatic heterocycles. The summed E-state index contributed by atoms with van der Waals surface area (Å²) in [7, 11) is 0. The van der Waals surface area contributed by atoms with Gasteiger partial charge in [-0.1, -0.05) is 11.6 Å². The molecule has 1 aromatic rings. The van der Waals surface area contributed by atoms with Crippen molar-refractivity contribution in [1.82, 2.24) is 10.3 Å². The highest BCUT2D eigenvalue weighted by Crippen LogP contribution is 2.22. The van der Waals surface area contributed by atoms with Crippen LogP contribution in [0.4, 0.5) is 5.82 Å². The third-order valence-electron chi connectivity index (χ3n) is 2.73. The molecule has 6 nitrogen and oxygen atoms in total. The van der Waals surface area contributed by atoms with Gasteiger partial charge in [0, 0.05) is 6.04 Å². The summed E-state index contributed by atoms with van der Waals surface area (Å²) in [5.41, 5.74) is 0.229. The van der Waals surface area contributed by atoms with Gasteiger partial charge in [-0.3, -0.25) is 5.41 Å². The van der Waals surface area contributed by atoms with Crippen molar-refractivity contribution in [3.8, 4) is 0 Å². The molecule has 88 valence electrons. The van der Waals surface area contributed by atoms with Gasteiger partial charge in [0.15, 0.2) is 10.9 Å². The molecule has 1 heterocycles. The molecule has 1 aliphatic carbocycles. The summed E-state index contributed by atoms with van der Waals surface area (Å²) in [5.74, 6) is 0.404. The Balaban J connectivity index is 1.98. The lowest BCUT2D eigenvalue weighted by Crippen LogP contribution is -2.28. The van der Waals surface area contributed by atoms with Crippen molar-refractivity contribution in [3.05, 3.63) is 5.69 Å². The van der Waals surface area contributed by atoms with Gasteiger partial charge < -0.3 is 10.4 Å². The lowest BCUT2D eigenvalue weighted by atomic mass is 9.93. The van der Waals surface area contributed by atoms with Crippen LogP contribution in [-0.4, -0.2) is 32.7 Å². The Morgan fingerprint density at radius 1 is 1.38 bits per heavy atom. The van der Waals surface area contributed by atoms with Gasteiger partial charge in [-0.05, 0) is 36.0 Å². The Hall–Kier alpha value is -1.14. The zero-order valence-corrected chi connectivity index (χ0v) is 9.37. The number of hydrogen-bond acceptors (Lipinski definition) is 6. The van der Waals surface area contributed by atoms with E-state index >= 15 is 0 Å². The normalized spacial score (nSPS) is 25.4. The minimum absolute atomic E-state index is 0.195. The van der Waals surface area contributed by atoms with Crippen molar-refractivity contribution >= 4 is 22.6 Å². The minimum atomic E-state index is -0.195. The molecular formula is C9H13ClN4O2. The first-order valence-corrected chi connectivity index (χ1v) is 5.56. The van der Waals surface area contributed by atoms with Crippen molar-refractivity contribution in [2.75, 3.05) is 5.32 Å². The maximum absolute atomic E-state index is 9.37. The van der Waals surface area contributed by atoms with Crippen molar-refractivity contribution in [1.29, 1.82) is 5.41 Å². The van der Waals surface area contributed by atoms with E-state index < -0.39 is 0 Å². The van der Waals surface area contributed by atoms with E-state index in [1.54, 1.807) is 0 Å². The fourth-order valence-corrected chi connectivity index (χ4v) is 1.96. The molecule has 0 saturated heterocycles. The van der Waals surface area contributed by atoms with Gasteiger partial charge in [0.05, 0.1) is 6.10 Å². The minimum Gasteiger partial charge on any atom is -0.393 e. The SMILES string of the molecule is N=C(Cl)c1nonc1NC1CCC(O)CC1. The Morgan fingerprint density at radius 3 is 2.69 bits per heavy atom. The van der Waals surface area contributed by atoms with Crippen LogP contribution in [0.2, 0.25) is 0 Å². The Kier molecular flexibility index (Phi) is 3.40. The molecule has 0 spiro atoms. The molecule has 16 heavy (non-hydrogen) atoms. The predicted molar refractivity (Wildman–Crippen MR) is 58.9 cm³/mol. The zero-order valence-electron chi connectivity index (χ0n) is 8.61. The molecule has 0 amide bonds. The topological polar surface area (TPSA) is 95.0 Å². The van der Waals surface area contributed by atoms with Crippen LogP contribution in [0.3, 0.4) is 0 Å². The number of nitrogens with zero attached hydrogens (tertiary/aromatic N) is 2. The zero-order chi connectivity index (χ0) is 11.5. The molecule has 1 aromatic heterocycles. The Morgan fingerprint density at radius 2 is 2.06 bits per heavy atom. The number of nitrogens with one attached hydrogen (secondary N) is 2. The van der Waals surface area contributed by atoms with Gasteiger partial charge in [-0.15, -0.1) is 0 Å². The summed E-state index contributed by atoms with van der Waals surface area (Å²) in [6.45, 7) is 0. The number of halogens is 1. The van der Waals surface area contributed by atoms with Gasteiger partial charge >= 0.3 is 0 Å². The summed E-state index contributed by atoms with van der Waals surface area (Å²) in [4.78, 5) is 0. The van der Waals surface area contributed by atoms with Crippen LogP contribution in [0.25, 0.3) is 0 Å². The Bertz CT molecular complexity index is 373. The lowest BCUT2D eigenvalue weighted by molar-refractivity contribution is 0.126. The molecule has 0 aromatic carbocycles. The number of aromatic nitrogens is 2. The second-order valence-corrected chi connectivity index (χ2v) is 4.30. The first kappa shape index (κ1) is 11.3. The maximum atomic E-state index is 9.37. The van der Waals surface area contributed by atoms with E-state index in [1.165, 1.54) is 0 Å². The molecule has 7 heteroatoms. The van der Waals surface area contributed by atoms with E-state index in [9.17, 15) is 5.11 Å². The molecule has 1 saturated carbocycles. The summed E-state index contributed by atoms with van der Waals surface area (Å²) >= 11 is 5.53. The molecule has 0 unspecified atom stereocenters. The highest BCUT2D eigenvalue weighted by molar-refractivity contribution is 6.68. The van der Waals surface area contributed by atoms with Gasteiger partial charge in [-0.2, -0.15) is 0 Å². The largest absolute Gasteiger partial charge is 0.393 e. The number of rotatable bonds is 3. The number of aliphatic hydroxyl groups excluding tert-OH is 1. The molecule has 0 bridgehead atoms. The molecular weight excluding hydrogens is 232 g/mol. The van der Waals surface area contributed by atoms with E-state index in [0.29, 0.717) is 5.82 Å². The van der Waals surface area contributed by atoms with E-state index in [4.69, 9.17) is 17.0 Å². The summed E-state index contributed by atoms with van der Waals surface area (Å²) in [5, 5.41) is 26.8. The maximum Gasteiger partial charge on any atom is 0.201 e. The van der Waals surface area contributed by atoms with Crippen LogP contribution in [0.15, 0.2) is 4.63 Å². The molecule has 0 atom stereocenters. The molecule has 1 fully saturated rings. The van der Waals surface area contributed by atoms with Crippen molar-refractivity contribution in [3.63, 3.8) is 0 Å². The van der Waals surface area contributed by atoms with E-state index in [-0.39, 0.29) is 23.0 Å². The first-order valence-electron chi connectivity index (χ1n) is 5.18. The van der Waals surface area contributed by atoms with Gasteiger partial charge in [0.25, 0.3) is 0 Å². The third-order valence-corrected chi connectivity index (χ3v) is 2.91. The van der Waals surface area contributed by atoms with E-state index in [1.807, 2.05) is 0 Å². The van der Waals surface area contributed by atoms with Crippen LogP contribution in [0.5, 0.6) is 0 Å². The van der Waals surface area contributed by atoms with E-state index in [2.05, 4.69) is 20.3 Å². The predicted octanol–water partition coefficient (Wildman–Crippen LogP) is 1.35. The van der Waals surface area contributed by atoms with Crippen molar-refractivity contribution < 1.29 is 9.74 Å². The fraction of sp³-hybridized carbons (Fsp3) is 0.667. The Labute approximate surface area is 97.4 Å². The highest BCUT2D eigenvalue weighted by atomic mass is 35.5. The molecule has 0 radical (unpaired) electrons. The standard InChI is InChI=1S/C9H13ClN4O2/c10-8(11)7-9(14-16-13-7)12-5-1-3-6(15)4-2-5/h5-6,11,15H,1-4H2,(H,12,14). The summed E-state index contributed by atoms with van der Waals surface area (Å²) in [6, 6.07) is 0.227. The fourth-order valence-electron chi connectivity index (χ4n) is 1.84. The van der Waals surface area contributed by atoms with Crippen LogP contribution in [0.1, 0.15) is 31.4 Å². The van der Waals surface area contributed by atoms with Crippen molar-refractivity contribution in [2.24, 2.45) is 0 Å². The number of hydrogen-bond donors (Lipinski definition) is 3. The molecule has 2 rings (SSSR count). The first-order chi connectivity index (χ1) is 7.66. The number of anilines is 1. The lowest BCUT2D eigenvalue weighted by Gasteiger charge is -2.25. The van der Waals surface area contributed by atoms with Gasteiger partial charge in [-0.25, -0.2) is 4.63 Å². The quantitative estimate of drug-likeness (QED) is 0.698. The summed E-state index contributed by atoms with van der Waals surface area (Å²) < 4.78 is 4.53. The smallest absolute Gasteiger partial charge is 0.201 e. The monoisotopic (exact) mass is 244 g/mol. The average Bonchev–Trinajstić information content (AvgIpc) is 2.69. The molecule has 3 N–H and O–H groups in total. The second-order valence-electron chi connectivity index (χ2n) is 3.93. The molecule has 1 aliphatic rings. The van der Waals surface area contributed by atoms with Gasteiger partial charge in [0.1, 0.15) is 0 Å². The highest BCUT2D eigenvalue weighted by Gasteiger charge is 2.22. The van der Waals surface area contributed by atoms with Crippen LogP contribution in [-0.2, 0) is 0 Å². The van der Waals surface area contributed by atoms with E-state index in [0.717, 1.165) is 25.7 Å². The van der Waals surface area contributed by atoms with Crippen molar-refractivity contribution in [2.45, 2.75) is 37.8 Å². The summed E-state index contributed by atoms with van der Waals surface area (Å²) in [6.07, 6.45) is 3.08. The van der Waals surface area contributed by atoms with Crippen LogP contribution < -0.4 is 5.32 Å². The average molecular weight is 245 g/mol. The number of aliphatic hydroxyl groups is 1. The third kappa shape index (κ3) is 2.51.